The Hall–Kier alpha value is -5.03. The fraction of sp³-hybridized carbons (Fsp3) is 0. The number of aromatic nitrogens is 6. The summed E-state index contributed by atoms with van der Waals surface area (Å²) < 4.78 is 3.38. The van der Waals surface area contributed by atoms with E-state index in [0.717, 1.165) is 11.3 Å². The van der Waals surface area contributed by atoms with Gasteiger partial charge in [0.15, 0.2) is 5.82 Å². The molecule has 0 atom stereocenters. The second-order valence-electron chi connectivity index (χ2n) is 7.80. The number of fused-ring (bicyclic) bond motifs is 1. The molecule has 4 heterocycles. The first-order chi connectivity index (χ1) is 17.6. The van der Waals surface area contributed by atoms with Gasteiger partial charge in [0.25, 0.3) is 11.2 Å². The van der Waals surface area contributed by atoms with Crippen molar-refractivity contribution < 1.29 is 4.92 Å². The van der Waals surface area contributed by atoms with Gasteiger partial charge in [-0.1, -0.05) is 41.7 Å². The van der Waals surface area contributed by atoms with Crippen LogP contribution in [0.5, 0.6) is 0 Å². The third-order valence-corrected chi connectivity index (χ3v) is 6.46. The van der Waals surface area contributed by atoms with Crippen molar-refractivity contribution in [3.8, 4) is 28.3 Å². The van der Waals surface area contributed by atoms with Gasteiger partial charge < -0.3 is 0 Å². The summed E-state index contributed by atoms with van der Waals surface area (Å²) in [4.78, 5) is 33.0. The molecule has 0 bridgehead atoms. The molecule has 11 heteroatoms. The highest BCUT2D eigenvalue weighted by molar-refractivity contribution is 7.15. The van der Waals surface area contributed by atoms with Gasteiger partial charge in [-0.3, -0.25) is 19.9 Å². The van der Waals surface area contributed by atoms with Gasteiger partial charge in [0.2, 0.25) is 4.96 Å². The number of para-hydroxylation sites is 1. The fourth-order valence-electron chi connectivity index (χ4n) is 3.80. The minimum atomic E-state index is -0.447. The Kier molecular flexibility index (Phi) is 5.16. The molecular weight excluding hydrogens is 478 g/mol. The van der Waals surface area contributed by atoms with Crippen molar-refractivity contribution in [3.63, 3.8) is 0 Å². The van der Waals surface area contributed by atoms with Crippen molar-refractivity contribution in [1.29, 1.82) is 0 Å². The molecule has 174 valence electrons. The van der Waals surface area contributed by atoms with Crippen LogP contribution in [-0.2, 0) is 0 Å². The zero-order valence-electron chi connectivity index (χ0n) is 18.4. The number of nitro benzene ring substituents is 1. The summed E-state index contributed by atoms with van der Waals surface area (Å²) >= 11 is 1.21. The minimum absolute atomic E-state index is 0.0420. The highest BCUT2D eigenvalue weighted by Crippen LogP contribution is 2.27. The normalized spacial score (nSPS) is 11.8. The van der Waals surface area contributed by atoms with E-state index in [9.17, 15) is 14.9 Å². The highest BCUT2D eigenvalue weighted by Gasteiger charge is 2.16. The lowest BCUT2D eigenvalue weighted by Crippen LogP contribution is -2.23. The van der Waals surface area contributed by atoms with Gasteiger partial charge in [-0.15, -0.1) is 5.10 Å². The van der Waals surface area contributed by atoms with Gasteiger partial charge >= 0.3 is 0 Å². The summed E-state index contributed by atoms with van der Waals surface area (Å²) in [5.74, 6) is 0.446. The van der Waals surface area contributed by atoms with Crippen LogP contribution < -0.4 is 10.1 Å². The van der Waals surface area contributed by atoms with Crippen LogP contribution in [0.15, 0.2) is 90.1 Å². The Morgan fingerprint density at radius 2 is 1.75 bits per heavy atom. The Morgan fingerprint density at radius 3 is 2.50 bits per heavy atom. The monoisotopic (exact) mass is 493 g/mol. The largest absolute Gasteiger partial charge is 0.291 e. The first-order valence-electron chi connectivity index (χ1n) is 10.8. The van der Waals surface area contributed by atoms with Crippen LogP contribution in [-0.4, -0.2) is 34.3 Å². The molecule has 36 heavy (non-hydrogen) atoms. The van der Waals surface area contributed by atoms with Gasteiger partial charge in [-0.2, -0.15) is 14.6 Å². The first kappa shape index (κ1) is 21.5. The molecule has 0 saturated carbocycles. The predicted octanol–water partition coefficient (Wildman–Crippen LogP) is 3.52. The van der Waals surface area contributed by atoms with Gasteiger partial charge in [0.05, 0.1) is 15.1 Å². The molecule has 10 nitrogen and oxygen atoms in total. The molecular formula is C25H15N7O3S. The van der Waals surface area contributed by atoms with Crippen molar-refractivity contribution in [2.24, 2.45) is 0 Å². The zero-order valence-corrected chi connectivity index (χ0v) is 19.2. The zero-order chi connectivity index (χ0) is 24.6. The molecule has 4 aromatic heterocycles. The van der Waals surface area contributed by atoms with Crippen molar-refractivity contribution in [3.05, 3.63) is 116 Å². The summed E-state index contributed by atoms with van der Waals surface area (Å²) in [6, 6.07) is 19.3. The third-order valence-electron chi connectivity index (χ3n) is 5.50. The molecule has 2 aromatic carbocycles. The second-order valence-corrected chi connectivity index (χ2v) is 8.81. The van der Waals surface area contributed by atoms with E-state index in [0.29, 0.717) is 32.1 Å². The fourth-order valence-corrected chi connectivity index (χ4v) is 4.69. The summed E-state index contributed by atoms with van der Waals surface area (Å²) in [5.41, 5.74) is 2.95. The number of rotatable bonds is 5. The number of benzene rings is 2. The van der Waals surface area contributed by atoms with Crippen molar-refractivity contribution in [2.45, 2.75) is 0 Å². The summed E-state index contributed by atoms with van der Waals surface area (Å²) in [6.07, 6.45) is 6.79. The van der Waals surface area contributed by atoms with Crippen LogP contribution in [0, 0.1) is 10.1 Å². The van der Waals surface area contributed by atoms with E-state index in [4.69, 9.17) is 5.10 Å². The van der Waals surface area contributed by atoms with Crippen LogP contribution in [0.25, 0.3) is 39.4 Å². The molecule has 0 saturated heterocycles. The lowest BCUT2D eigenvalue weighted by Gasteiger charge is -2.00. The van der Waals surface area contributed by atoms with Crippen LogP contribution in [0.2, 0.25) is 0 Å². The molecule has 0 spiro atoms. The molecule has 0 aliphatic heterocycles. The molecule has 0 unspecified atom stereocenters. The SMILES string of the molecule is O=c1/c(=C/c2cn(-c3ccccc3)nc2-c2cccc([N+](=O)[O-])c2)sc2nc(-c3ccncc3)nn12. The van der Waals surface area contributed by atoms with E-state index in [1.165, 1.54) is 28.0 Å². The van der Waals surface area contributed by atoms with Crippen molar-refractivity contribution in [2.75, 3.05) is 0 Å². The Morgan fingerprint density at radius 1 is 0.944 bits per heavy atom. The molecule has 0 aliphatic rings. The molecule has 6 rings (SSSR count). The quantitative estimate of drug-likeness (QED) is 0.266. The van der Waals surface area contributed by atoms with Gasteiger partial charge in [0.1, 0.15) is 5.69 Å². The predicted molar refractivity (Wildman–Crippen MR) is 135 cm³/mol. The average Bonchev–Trinajstić information content (AvgIpc) is 3.60. The topological polar surface area (TPSA) is 121 Å². The molecule has 6 aromatic rings. The molecule has 0 N–H and O–H groups in total. The van der Waals surface area contributed by atoms with E-state index in [1.807, 2.05) is 30.3 Å². The number of hydrogen-bond donors (Lipinski definition) is 0. The van der Waals surface area contributed by atoms with E-state index in [-0.39, 0.29) is 11.2 Å². The smallest absolute Gasteiger partial charge is 0.266 e. The lowest BCUT2D eigenvalue weighted by molar-refractivity contribution is -0.384. The maximum Gasteiger partial charge on any atom is 0.291 e. The van der Waals surface area contributed by atoms with Gasteiger partial charge in [-0.25, -0.2) is 4.68 Å². The highest BCUT2D eigenvalue weighted by atomic mass is 32.1. The summed E-state index contributed by atoms with van der Waals surface area (Å²) in [6.45, 7) is 0. The summed E-state index contributed by atoms with van der Waals surface area (Å²) in [7, 11) is 0. The number of non-ortho nitro benzene ring substituents is 1. The number of nitrogens with zero attached hydrogens (tertiary/aromatic N) is 7. The first-order valence-corrected chi connectivity index (χ1v) is 11.6. The number of nitro groups is 1. The maximum absolute atomic E-state index is 13.2. The maximum atomic E-state index is 13.2. The van der Waals surface area contributed by atoms with Crippen LogP contribution >= 0.6 is 11.3 Å². The van der Waals surface area contributed by atoms with E-state index < -0.39 is 4.92 Å². The number of pyridine rings is 1. The van der Waals surface area contributed by atoms with Crippen molar-refractivity contribution >= 4 is 28.1 Å². The van der Waals surface area contributed by atoms with E-state index in [2.05, 4.69) is 15.1 Å². The van der Waals surface area contributed by atoms with E-state index in [1.54, 1.807) is 53.6 Å². The Bertz CT molecular complexity index is 1840. The Balaban J connectivity index is 1.51. The molecule has 0 fully saturated rings. The number of thiazole rings is 1. The van der Waals surface area contributed by atoms with Crippen molar-refractivity contribution in [1.82, 2.24) is 29.4 Å². The molecule has 0 radical (unpaired) electrons. The van der Waals surface area contributed by atoms with E-state index >= 15 is 0 Å². The summed E-state index contributed by atoms with van der Waals surface area (Å²) in [5, 5.41) is 20.4. The average molecular weight is 494 g/mol. The standard InChI is InChI=1S/C25H15N7O3S/c33-24-21(36-25-27-23(29-31(24)25)16-9-11-26-12-10-16)14-18-15-30(19-6-2-1-3-7-19)28-22(18)17-5-4-8-20(13-17)32(34)35/h1-15H/b21-14-. The van der Waals surface area contributed by atoms with Gasteiger partial charge in [-0.05, 0) is 30.3 Å². The van der Waals surface area contributed by atoms with Gasteiger partial charge in [0, 0.05) is 47.4 Å². The van der Waals surface area contributed by atoms with Crippen LogP contribution in [0.3, 0.4) is 0 Å². The number of hydrogen-bond acceptors (Lipinski definition) is 8. The minimum Gasteiger partial charge on any atom is -0.266 e. The lowest BCUT2D eigenvalue weighted by atomic mass is 10.1. The molecule has 0 amide bonds. The van der Waals surface area contributed by atoms with Crippen LogP contribution in [0.4, 0.5) is 5.69 Å². The second kappa shape index (κ2) is 8.64. The Labute approximate surface area is 206 Å². The molecule has 0 aliphatic carbocycles. The third kappa shape index (κ3) is 3.83. The van der Waals surface area contributed by atoms with Crippen LogP contribution in [0.1, 0.15) is 5.56 Å².